The van der Waals surface area contributed by atoms with Gasteiger partial charge < -0.3 is 15.5 Å². The summed E-state index contributed by atoms with van der Waals surface area (Å²) >= 11 is 1.30. The normalized spacial score (nSPS) is 14.1. The Morgan fingerprint density at radius 1 is 1.35 bits per heavy atom. The van der Waals surface area contributed by atoms with Crippen LogP contribution in [0.15, 0.2) is 18.3 Å². The Bertz CT molecular complexity index is 676. The Morgan fingerprint density at radius 2 is 2.13 bits per heavy atom. The van der Waals surface area contributed by atoms with Crippen LogP contribution in [0.2, 0.25) is 0 Å². The Balaban J connectivity index is 1.61. The van der Waals surface area contributed by atoms with E-state index in [0.29, 0.717) is 12.1 Å². The van der Waals surface area contributed by atoms with Crippen LogP contribution in [0.4, 0.5) is 10.8 Å². The summed E-state index contributed by atoms with van der Waals surface area (Å²) in [5, 5.41) is 6.75. The second kappa shape index (κ2) is 6.95. The summed E-state index contributed by atoms with van der Waals surface area (Å²) in [6, 6.07) is 4.06. The van der Waals surface area contributed by atoms with Gasteiger partial charge in [0.2, 0.25) is 0 Å². The first-order valence-electron chi connectivity index (χ1n) is 7.81. The molecule has 1 amide bonds. The fraction of sp³-hybridized carbons (Fsp3) is 0.438. The van der Waals surface area contributed by atoms with Crippen molar-refractivity contribution in [1.82, 2.24) is 14.7 Å². The molecular weight excluding hydrogens is 310 g/mol. The minimum atomic E-state index is -0.107. The van der Waals surface area contributed by atoms with E-state index in [2.05, 4.69) is 24.9 Å². The van der Waals surface area contributed by atoms with E-state index in [9.17, 15) is 4.79 Å². The maximum atomic E-state index is 12.3. The van der Waals surface area contributed by atoms with Gasteiger partial charge in [-0.2, -0.15) is 4.37 Å². The molecule has 3 heterocycles. The average Bonchev–Trinajstić information content (AvgIpc) is 3.22. The second-order valence-corrected chi connectivity index (χ2v) is 6.40. The number of nitrogens with zero attached hydrogens (tertiary/aromatic N) is 3. The minimum absolute atomic E-state index is 0.107. The molecule has 2 aromatic rings. The van der Waals surface area contributed by atoms with Crippen molar-refractivity contribution in [3.8, 4) is 0 Å². The monoisotopic (exact) mass is 331 g/mol. The van der Waals surface area contributed by atoms with Gasteiger partial charge in [0.25, 0.3) is 5.91 Å². The first-order chi connectivity index (χ1) is 11.2. The number of rotatable bonds is 5. The molecule has 2 N–H and O–H groups in total. The van der Waals surface area contributed by atoms with Crippen molar-refractivity contribution in [2.24, 2.45) is 0 Å². The summed E-state index contributed by atoms with van der Waals surface area (Å²) < 4.78 is 4.22. The summed E-state index contributed by atoms with van der Waals surface area (Å²) in [4.78, 5) is 19.1. The number of carbonyl (C=O) groups excluding carboxylic acids is 1. The molecule has 2 aromatic heterocycles. The quantitative estimate of drug-likeness (QED) is 0.880. The first kappa shape index (κ1) is 15.7. The van der Waals surface area contributed by atoms with E-state index in [1.165, 1.54) is 24.4 Å². The van der Waals surface area contributed by atoms with Gasteiger partial charge in [0, 0.05) is 32.9 Å². The molecule has 3 rings (SSSR count). The molecule has 1 saturated heterocycles. The van der Waals surface area contributed by atoms with Crippen LogP contribution in [0.1, 0.15) is 34.5 Å². The fourth-order valence-corrected chi connectivity index (χ4v) is 3.48. The molecule has 0 atom stereocenters. The summed E-state index contributed by atoms with van der Waals surface area (Å²) in [6.45, 7) is 4.48. The number of aryl methyl sites for hydroxylation is 1. The Hall–Kier alpha value is -2.15. The van der Waals surface area contributed by atoms with Gasteiger partial charge in [0.1, 0.15) is 10.8 Å². The van der Waals surface area contributed by atoms with Gasteiger partial charge in [-0.15, -0.1) is 0 Å². The number of amides is 1. The SMILES string of the molecule is CNc1snc(C)c1C(=O)NCc1ccc(N2CCCC2)nc1. The zero-order valence-corrected chi connectivity index (χ0v) is 14.2. The molecule has 0 unspecified atom stereocenters. The number of hydrogen-bond acceptors (Lipinski definition) is 6. The molecule has 23 heavy (non-hydrogen) atoms. The van der Waals surface area contributed by atoms with Crippen LogP contribution in [0.3, 0.4) is 0 Å². The molecule has 1 aliphatic rings. The van der Waals surface area contributed by atoms with Gasteiger partial charge in [-0.3, -0.25) is 4.79 Å². The third-order valence-electron chi connectivity index (χ3n) is 4.01. The van der Waals surface area contributed by atoms with Crippen molar-refractivity contribution in [3.05, 3.63) is 35.2 Å². The van der Waals surface area contributed by atoms with Crippen LogP contribution in [0, 0.1) is 6.92 Å². The van der Waals surface area contributed by atoms with Crippen molar-refractivity contribution >= 4 is 28.3 Å². The lowest BCUT2D eigenvalue weighted by molar-refractivity contribution is 0.0951. The summed E-state index contributed by atoms with van der Waals surface area (Å²) in [5.41, 5.74) is 2.37. The van der Waals surface area contributed by atoms with E-state index < -0.39 is 0 Å². The lowest BCUT2D eigenvalue weighted by Crippen LogP contribution is -2.24. The Morgan fingerprint density at radius 3 is 2.78 bits per heavy atom. The number of pyridine rings is 1. The molecule has 6 nitrogen and oxygen atoms in total. The van der Waals surface area contributed by atoms with Gasteiger partial charge in [-0.25, -0.2) is 4.98 Å². The Labute approximate surface area is 140 Å². The predicted octanol–water partition coefficient (Wildman–Crippen LogP) is 2.42. The van der Waals surface area contributed by atoms with Gasteiger partial charge in [-0.1, -0.05) is 6.07 Å². The van der Waals surface area contributed by atoms with Crippen molar-refractivity contribution in [1.29, 1.82) is 0 Å². The fourth-order valence-electron chi connectivity index (χ4n) is 2.73. The average molecular weight is 331 g/mol. The molecule has 0 saturated carbocycles. The molecule has 0 radical (unpaired) electrons. The second-order valence-electron chi connectivity index (χ2n) is 5.62. The molecular formula is C16H21N5OS. The minimum Gasteiger partial charge on any atom is -0.378 e. The van der Waals surface area contributed by atoms with E-state index in [-0.39, 0.29) is 5.91 Å². The highest BCUT2D eigenvalue weighted by Crippen LogP contribution is 2.23. The first-order valence-corrected chi connectivity index (χ1v) is 8.58. The maximum Gasteiger partial charge on any atom is 0.256 e. The largest absolute Gasteiger partial charge is 0.378 e. The summed E-state index contributed by atoms with van der Waals surface area (Å²) in [5.74, 6) is 0.914. The summed E-state index contributed by atoms with van der Waals surface area (Å²) in [6.07, 6.45) is 4.31. The number of anilines is 2. The topological polar surface area (TPSA) is 70.2 Å². The molecule has 1 aliphatic heterocycles. The van der Waals surface area contributed by atoms with Crippen molar-refractivity contribution in [3.63, 3.8) is 0 Å². The standard InChI is InChI=1S/C16H21N5OS/c1-11-14(16(17-2)23-20-11)15(22)19-10-12-5-6-13(18-9-12)21-7-3-4-8-21/h5-6,9,17H,3-4,7-8,10H2,1-2H3,(H,19,22). The number of aromatic nitrogens is 2. The zero-order valence-electron chi connectivity index (χ0n) is 13.4. The van der Waals surface area contributed by atoms with Crippen LogP contribution < -0.4 is 15.5 Å². The van der Waals surface area contributed by atoms with Gasteiger partial charge >= 0.3 is 0 Å². The van der Waals surface area contributed by atoms with E-state index in [1.807, 2.05) is 25.3 Å². The van der Waals surface area contributed by atoms with Gasteiger partial charge in [0.05, 0.1) is 11.3 Å². The number of hydrogen-bond donors (Lipinski definition) is 2. The molecule has 0 spiro atoms. The van der Waals surface area contributed by atoms with E-state index >= 15 is 0 Å². The molecule has 0 aliphatic carbocycles. The molecule has 0 aromatic carbocycles. The molecule has 1 fully saturated rings. The predicted molar refractivity (Wildman–Crippen MR) is 93.3 cm³/mol. The van der Waals surface area contributed by atoms with E-state index in [4.69, 9.17) is 0 Å². The maximum absolute atomic E-state index is 12.3. The molecule has 0 bridgehead atoms. The smallest absolute Gasteiger partial charge is 0.256 e. The highest BCUT2D eigenvalue weighted by molar-refractivity contribution is 7.10. The van der Waals surface area contributed by atoms with Crippen LogP contribution in [0.5, 0.6) is 0 Å². The van der Waals surface area contributed by atoms with E-state index in [0.717, 1.165) is 35.2 Å². The lowest BCUT2D eigenvalue weighted by atomic mass is 10.2. The zero-order chi connectivity index (χ0) is 16.2. The summed E-state index contributed by atoms with van der Waals surface area (Å²) in [7, 11) is 1.80. The molecule has 122 valence electrons. The van der Waals surface area contributed by atoms with Crippen LogP contribution in [-0.2, 0) is 6.54 Å². The Kier molecular flexibility index (Phi) is 4.76. The van der Waals surface area contributed by atoms with Crippen molar-refractivity contribution in [2.45, 2.75) is 26.3 Å². The van der Waals surface area contributed by atoms with Crippen molar-refractivity contribution in [2.75, 3.05) is 30.4 Å². The van der Waals surface area contributed by atoms with Crippen molar-refractivity contribution < 1.29 is 4.79 Å². The third-order valence-corrected chi connectivity index (χ3v) is 4.97. The number of nitrogens with one attached hydrogen (secondary N) is 2. The van der Waals surface area contributed by atoms with E-state index in [1.54, 1.807) is 7.05 Å². The molecule has 7 heteroatoms. The number of carbonyl (C=O) groups is 1. The van der Waals surface area contributed by atoms with Gasteiger partial charge in [0.15, 0.2) is 0 Å². The van der Waals surface area contributed by atoms with Gasteiger partial charge in [-0.05, 0) is 42.9 Å². The van der Waals surface area contributed by atoms with Crippen LogP contribution in [0.25, 0.3) is 0 Å². The van der Waals surface area contributed by atoms with Crippen LogP contribution in [-0.4, -0.2) is 35.4 Å². The third kappa shape index (κ3) is 3.44. The lowest BCUT2D eigenvalue weighted by Gasteiger charge is -2.16. The highest BCUT2D eigenvalue weighted by atomic mass is 32.1. The highest BCUT2D eigenvalue weighted by Gasteiger charge is 2.17. The van der Waals surface area contributed by atoms with Crippen LogP contribution >= 0.6 is 11.5 Å².